The van der Waals surface area contributed by atoms with E-state index in [-0.39, 0.29) is 12.8 Å². The topological polar surface area (TPSA) is 114 Å². The van der Waals surface area contributed by atoms with Crippen LogP contribution in [-0.2, 0) is 36.7 Å². The molecule has 9 nitrogen and oxygen atoms in total. The van der Waals surface area contributed by atoms with Crippen molar-refractivity contribution in [2.24, 2.45) is 0 Å². The zero-order valence-electron chi connectivity index (χ0n) is 22.4. The van der Waals surface area contributed by atoms with Gasteiger partial charge in [-0.3, -0.25) is 14.5 Å². The molecule has 0 aromatic heterocycles. The highest BCUT2D eigenvalue weighted by Gasteiger charge is 2.38. The highest BCUT2D eigenvalue weighted by Crippen LogP contribution is 2.21. The molecule has 2 N–H and O–H groups in total. The Hall–Kier alpha value is -3.88. The van der Waals surface area contributed by atoms with Gasteiger partial charge in [0.15, 0.2) is 0 Å². The highest BCUT2D eigenvalue weighted by atomic mass is 16.6. The number of esters is 1. The normalized spacial score (nSPS) is 16.7. The Labute approximate surface area is 223 Å². The van der Waals surface area contributed by atoms with Gasteiger partial charge in [0, 0.05) is 19.4 Å². The van der Waals surface area contributed by atoms with Gasteiger partial charge >= 0.3 is 12.1 Å². The second-order valence-electron chi connectivity index (χ2n) is 10.4. The molecule has 1 aliphatic rings. The average molecular weight is 524 g/mol. The third-order valence-corrected chi connectivity index (χ3v) is 6.18. The van der Waals surface area contributed by atoms with E-state index in [0.717, 1.165) is 11.1 Å². The van der Waals surface area contributed by atoms with Crippen LogP contribution in [0.25, 0.3) is 0 Å². The number of ether oxygens (including phenoxy) is 2. The maximum absolute atomic E-state index is 13.5. The fourth-order valence-electron chi connectivity index (χ4n) is 4.36. The quantitative estimate of drug-likeness (QED) is 0.489. The molecular weight excluding hydrogens is 486 g/mol. The van der Waals surface area contributed by atoms with E-state index in [9.17, 15) is 19.2 Å². The number of methoxy groups -OCH3 is 1. The van der Waals surface area contributed by atoms with Crippen molar-refractivity contribution in [2.45, 2.75) is 70.2 Å². The molecule has 9 heteroatoms. The summed E-state index contributed by atoms with van der Waals surface area (Å²) in [6.45, 7) is 5.69. The molecule has 0 aliphatic carbocycles. The molecule has 1 fully saturated rings. The molecule has 0 bridgehead atoms. The van der Waals surface area contributed by atoms with Crippen molar-refractivity contribution in [1.29, 1.82) is 0 Å². The Morgan fingerprint density at radius 3 is 1.97 bits per heavy atom. The van der Waals surface area contributed by atoms with Crippen LogP contribution in [0.1, 0.15) is 44.7 Å². The molecule has 204 valence electrons. The van der Waals surface area contributed by atoms with E-state index in [1.165, 1.54) is 12.0 Å². The zero-order valence-corrected chi connectivity index (χ0v) is 22.4. The van der Waals surface area contributed by atoms with E-state index in [4.69, 9.17) is 9.47 Å². The minimum absolute atomic E-state index is 0.205. The number of hydrogen-bond acceptors (Lipinski definition) is 6. The summed E-state index contributed by atoms with van der Waals surface area (Å²) in [5, 5.41) is 5.59. The summed E-state index contributed by atoms with van der Waals surface area (Å²) in [6.07, 6.45) is 0.988. The predicted octanol–water partition coefficient (Wildman–Crippen LogP) is 3.01. The lowest BCUT2D eigenvalue weighted by molar-refractivity contribution is -0.145. The minimum Gasteiger partial charge on any atom is -0.467 e. The largest absolute Gasteiger partial charge is 0.467 e. The Kier molecular flexibility index (Phi) is 9.87. The molecule has 0 unspecified atom stereocenters. The average Bonchev–Trinajstić information content (AvgIpc) is 3.38. The smallest absolute Gasteiger partial charge is 0.410 e. The van der Waals surface area contributed by atoms with Gasteiger partial charge in [-0.15, -0.1) is 0 Å². The van der Waals surface area contributed by atoms with Gasteiger partial charge in [-0.25, -0.2) is 9.59 Å². The monoisotopic (exact) mass is 523 g/mol. The second-order valence-corrected chi connectivity index (χ2v) is 10.4. The molecule has 1 saturated heterocycles. The van der Waals surface area contributed by atoms with E-state index in [1.54, 1.807) is 20.8 Å². The van der Waals surface area contributed by atoms with Crippen LogP contribution in [0.5, 0.6) is 0 Å². The molecule has 2 aromatic rings. The highest BCUT2D eigenvalue weighted by molar-refractivity contribution is 5.93. The molecular formula is C29H37N3O6. The van der Waals surface area contributed by atoms with Crippen molar-refractivity contribution in [2.75, 3.05) is 13.7 Å². The van der Waals surface area contributed by atoms with Crippen LogP contribution in [0.2, 0.25) is 0 Å². The number of rotatable bonds is 9. The van der Waals surface area contributed by atoms with Crippen molar-refractivity contribution < 1.29 is 28.7 Å². The lowest BCUT2D eigenvalue weighted by Crippen LogP contribution is -2.56. The van der Waals surface area contributed by atoms with Crippen LogP contribution in [0.15, 0.2) is 60.7 Å². The first-order chi connectivity index (χ1) is 18.1. The third-order valence-electron chi connectivity index (χ3n) is 6.18. The van der Waals surface area contributed by atoms with Crippen LogP contribution in [0.4, 0.5) is 4.79 Å². The van der Waals surface area contributed by atoms with Gasteiger partial charge in [0.05, 0.1) is 7.11 Å². The van der Waals surface area contributed by atoms with Crippen LogP contribution in [-0.4, -0.2) is 66.2 Å². The van der Waals surface area contributed by atoms with Gasteiger partial charge in [0.1, 0.15) is 23.7 Å². The second kappa shape index (κ2) is 13.1. The molecule has 38 heavy (non-hydrogen) atoms. The van der Waals surface area contributed by atoms with E-state index in [0.29, 0.717) is 19.4 Å². The lowest BCUT2D eigenvalue weighted by atomic mass is 10.0. The maximum atomic E-state index is 13.5. The van der Waals surface area contributed by atoms with Gasteiger partial charge in [0.2, 0.25) is 11.8 Å². The van der Waals surface area contributed by atoms with Crippen molar-refractivity contribution in [3.63, 3.8) is 0 Å². The fraction of sp³-hybridized carbons (Fsp3) is 0.448. The number of nitrogens with zero attached hydrogens (tertiary/aromatic N) is 1. The number of likely N-dealkylation sites (tertiary alicyclic amines) is 1. The number of carbonyl (C=O) groups is 4. The van der Waals surface area contributed by atoms with Crippen LogP contribution in [0.3, 0.4) is 0 Å². The number of benzene rings is 2. The van der Waals surface area contributed by atoms with Crippen molar-refractivity contribution in [1.82, 2.24) is 15.5 Å². The van der Waals surface area contributed by atoms with Gasteiger partial charge in [-0.1, -0.05) is 60.7 Å². The number of carbonyl (C=O) groups excluding carboxylic acids is 4. The molecule has 0 saturated carbocycles. The van der Waals surface area contributed by atoms with E-state index in [2.05, 4.69) is 10.6 Å². The molecule has 2 aromatic carbocycles. The first kappa shape index (κ1) is 28.7. The summed E-state index contributed by atoms with van der Waals surface area (Å²) in [5.41, 5.74) is 0.991. The number of nitrogens with one attached hydrogen (secondary N) is 2. The minimum atomic E-state index is -0.978. The summed E-state index contributed by atoms with van der Waals surface area (Å²) in [5.74, 6) is -1.55. The lowest BCUT2D eigenvalue weighted by Gasteiger charge is -2.29. The first-order valence-corrected chi connectivity index (χ1v) is 12.8. The van der Waals surface area contributed by atoms with Gasteiger partial charge in [-0.2, -0.15) is 0 Å². The summed E-state index contributed by atoms with van der Waals surface area (Å²) in [7, 11) is 1.26. The summed E-state index contributed by atoms with van der Waals surface area (Å²) in [4.78, 5) is 53.5. The van der Waals surface area contributed by atoms with Gasteiger partial charge in [-0.05, 0) is 44.7 Å². The van der Waals surface area contributed by atoms with Crippen molar-refractivity contribution in [3.8, 4) is 0 Å². The molecule has 0 radical (unpaired) electrons. The maximum Gasteiger partial charge on any atom is 0.410 e. The summed E-state index contributed by atoms with van der Waals surface area (Å²) < 4.78 is 10.4. The standard InChI is InChI=1S/C29H37N3O6/c1-29(2,3)38-28(36)32-17-11-16-24(32)26(34)30-22(18-20-12-7-5-8-13-20)25(33)31-23(27(35)37-4)19-21-14-9-6-10-15-21/h5-10,12-15,22-24H,11,16-19H2,1-4H3,(H,30,34)(H,31,33)/t22-,23+,24+/m1/s1. The Morgan fingerprint density at radius 2 is 1.45 bits per heavy atom. The van der Waals surface area contributed by atoms with Crippen molar-refractivity contribution >= 4 is 23.9 Å². The number of amides is 3. The summed E-state index contributed by atoms with van der Waals surface area (Å²) >= 11 is 0. The van der Waals surface area contributed by atoms with Crippen molar-refractivity contribution in [3.05, 3.63) is 71.8 Å². The molecule has 0 spiro atoms. The van der Waals surface area contributed by atoms with Crippen LogP contribution in [0, 0.1) is 0 Å². The molecule has 1 aliphatic heterocycles. The molecule has 3 rings (SSSR count). The number of hydrogen-bond donors (Lipinski definition) is 2. The Morgan fingerprint density at radius 1 is 0.895 bits per heavy atom. The Bertz CT molecular complexity index is 1100. The van der Waals surface area contributed by atoms with E-state index < -0.39 is 47.6 Å². The first-order valence-electron chi connectivity index (χ1n) is 12.8. The zero-order chi connectivity index (χ0) is 27.7. The third kappa shape index (κ3) is 8.33. The van der Waals surface area contributed by atoms with Gasteiger partial charge < -0.3 is 20.1 Å². The van der Waals surface area contributed by atoms with Crippen LogP contribution >= 0.6 is 0 Å². The SMILES string of the molecule is COC(=O)[C@H](Cc1ccccc1)NC(=O)[C@@H](Cc1ccccc1)NC(=O)[C@@H]1CCCN1C(=O)OC(C)(C)C. The molecule has 1 heterocycles. The summed E-state index contributed by atoms with van der Waals surface area (Å²) in [6, 6.07) is 15.9. The molecule has 3 atom stereocenters. The molecule has 3 amide bonds. The predicted molar refractivity (Wildman–Crippen MR) is 142 cm³/mol. The van der Waals surface area contributed by atoms with Gasteiger partial charge in [0.25, 0.3) is 0 Å². The Balaban J connectivity index is 1.78. The van der Waals surface area contributed by atoms with Crippen LogP contribution < -0.4 is 10.6 Å². The fourth-order valence-corrected chi connectivity index (χ4v) is 4.36. The van der Waals surface area contributed by atoms with E-state index in [1.807, 2.05) is 60.7 Å². The van der Waals surface area contributed by atoms with E-state index >= 15 is 0 Å².